The Hall–Kier alpha value is -1.88. The zero-order valence-corrected chi connectivity index (χ0v) is 13.4. The molecule has 1 aliphatic carbocycles. The highest BCUT2D eigenvalue weighted by Crippen LogP contribution is 2.29. The molecule has 0 aromatic heterocycles. The summed E-state index contributed by atoms with van der Waals surface area (Å²) in [6.07, 6.45) is 3.19. The van der Waals surface area contributed by atoms with Crippen molar-refractivity contribution in [2.75, 3.05) is 19.6 Å². The van der Waals surface area contributed by atoms with Gasteiger partial charge in [0.25, 0.3) is 0 Å². The van der Waals surface area contributed by atoms with Crippen LogP contribution in [0.25, 0.3) is 0 Å². The van der Waals surface area contributed by atoms with Gasteiger partial charge in [-0.3, -0.25) is 9.59 Å². The van der Waals surface area contributed by atoms with E-state index in [2.05, 4.69) is 17.4 Å². The molecular formula is C18H25N3O2. The number of hydrogen-bond donors (Lipinski definition) is 2. The lowest BCUT2D eigenvalue weighted by Crippen LogP contribution is -2.33. The fourth-order valence-electron chi connectivity index (χ4n) is 3.18. The number of rotatable bonds is 6. The molecule has 0 radical (unpaired) electrons. The molecule has 1 saturated heterocycles. The van der Waals surface area contributed by atoms with Gasteiger partial charge in [-0.2, -0.15) is 0 Å². The maximum atomic E-state index is 12.3. The molecule has 1 saturated carbocycles. The molecule has 1 aromatic carbocycles. The van der Waals surface area contributed by atoms with Crippen LogP contribution < -0.4 is 11.1 Å². The van der Waals surface area contributed by atoms with Crippen molar-refractivity contribution in [3.8, 4) is 0 Å². The first-order valence-corrected chi connectivity index (χ1v) is 8.51. The number of hydrogen-bond acceptors (Lipinski definition) is 3. The number of nitrogens with two attached hydrogens (primary N) is 1. The highest BCUT2D eigenvalue weighted by molar-refractivity contribution is 5.81. The van der Waals surface area contributed by atoms with E-state index in [1.54, 1.807) is 0 Å². The van der Waals surface area contributed by atoms with Crippen LogP contribution in [0.5, 0.6) is 0 Å². The van der Waals surface area contributed by atoms with Gasteiger partial charge in [-0.1, -0.05) is 30.3 Å². The second-order valence-corrected chi connectivity index (χ2v) is 6.65. The molecule has 5 nitrogen and oxygen atoms in total. The van der Waals surface area contributed by atoms with E-state index in [1.807, 2.05) is 23.1 Å². The summed E-state index contributed by atoms with van der Waals surface area (Å²) in [6, 6.07) is 10.2. The van der Waals surface area contributed by atoms with Crippen LogP contribution in [0.3, 0.4) is 0 Å². The fourth-order valence-corrected chi connectivity index (χ4v) is 3.18. The molecule has 0 bridgehead atoms. The molecule has 3 rings (SSSR count). The topological polar surface area (TPSA) is 75.4 Å². The van der Waals surface area contributed by atoms with Crippen molar-refractivity contribution in [1.29, 1.82) is 0 Å². The lowest BCUT2D eigenvalue weighted by Gasteiger charge is -2.16. The lowest BCUT2D eigenvalue weighted by atomic mass is 9.95. The van der Waals surface area contributed by atoms with E-state index < -0.39 is 0 Å². The van der Waals surface area contributed by atoms with E-state index in [1.165, 1.54) is 5.56 Å². The van der Waals surface area contributed by atoms with Crippen molar-refractivity contribution in [2.45, 2.75) is 37.6 Å². The van der Waals surface area contributed by atoms with Crippen molar-refractivity contribution < 1.29 is 9.59 Å². The molecule has 2 atom stereocenters. The monoisotopic (exact) mass is 315 g/mol. The van der Waals surface area contributed by atoms with Crippen LogP contribution in [0.15, 0.2) is 30.3 Å². The third kappa shape index (κ3) is 4.10. The Morgan fingerprint density at radius 1 is 1.17 bits per heavy atom. The van der Waals surface area contributed by atoms with Gasteiger partial charge in [0.1, 0.15) is 0 Å². The van der Waals surface area contributed by atoms with Gasteiger partial charge in [-0.15, -0.1) is 0 Å². The summed E-state index contributed by atoms with van der Waals surface area (Å²) in [6.45, 7) is 1.90. The second kappa shape index (κ2) is 7.13. The summed E-state index contributed by atoms with van der Waals surface area (Å²) in [5, 5.41) is 2.90. The fraction of sp³-hybridized carbons (Fsp3) is 0.556. The summed E-state index contributed by atoms with van der Waals surface area (Å²) in [5.41, 5.74) is 7.42. The van der Waals surface area contributed by atoms with E-state index in [0.717, 1.165) is 12.8 Å². The van der Waals surface area contributed by atoms with Gasteiger partial charge in [-0.25, -0.2) is 0 Å². The minimum Gasteiger partial charge on any atom is -0.356 e. The number of carbonyl (C=O) groups is 2. The van der Waals surface area contributed by atoms with Crippen molar-refractivity contribution in [1.82, 2.24) is 10.2 Å². The van der Waals surface area contributed by atoms with Gasteiger partial charge in [0.15, 0.2) is 0 Å². The Labute approximate surface area is 137 Å². The van der Waals surface area contributed by atoms with Gasteiger partial charge in [0, 0.05) is 43.9 Å². The predicted molar refractivity (Wildman–Crippen MR) is 88.7 cm³/mol. The van der Waals surface area contributed by atoms with Crippen LogP contribution in [0.1, 0.15) is 37.2 Å². The first-order chi connectivity index (χ1) is 11.1. The number of benzene rings is 1. The number of nitrogens with one attached hydrogen (secondary N) is 1. The second-order valence-electron chi connectivity index (χ2n) is 6.65. The Morgan fingerprint density at radius 3 is 2.61 bits per heavy atom. The van der Waals surface area contributed by atoms with E-state index in [-0.39, 0.29) is 29.7 Å². The van der Waals surface area contributed by atoms with Gasteiger partial charge < -0.3 is 16.0 Å². The zero-order chi connectivity index (χ0) is 16.2. The summed E-state index contributed by atoms with van der Waals surface area (Å²) < 4.78 is 0. The third-order valence-electron chi connectivity index (χ3n) is 4.76. The summed E-state index contributed by atoms with van der Waals surface area (Å²) in [7, 11) is 0. The molecule has 3 N–H and O–H groups in total. The van der Waals surface area contributed by atoms with Crippen LogP contribution in [0.2, 0.25) is 0 Å². The van der Waals surface area contributed by atoms with E-state index >= 15 is 0 Å². The summed E-state index contributed by atoms with van der Waals surface area (Å²) >= 11 is 0. The molecule has 0 unspecified atom stereocenters. The Bertz CT molecular complexity index is 557. The number of carbonyl (C=O) groups excluding carboxylic acids is 2. The molecule has 124 valence electrons. The van der Waals surface area contributed by atoms with E-state index in [4.69, 9.17) is 5.73 Å². The van der Waals surface area contributed by atoms with Crippen molar-refractivity contribution >= 4 is 11.8 Å². The molecule has 5 heteroatoms. The average Bonchev–Trinajstić information content (AvgIpc) is 3.34. The smallest absolute Gasteiger partial charge is 0.223 e. The van der Waals surface area contributed by atoms with E-state index in [9.17, 15) is 9.59 Å². The maximum Gasteiger partial charge on any atom is 0.223 e. The van der Waals surface area contributed by atoms with Gasteiger partial charge in [0.2, 0.25) is 11.8 Å². The van der Waals surface area contributed by atoms with Crippen LogP contribution in [-0.2, 0) is 9.59 Å². The molecule has 0 spiro atoms. The zero-order valence-electron chi connectivity index (χ0n) is 13.4. The minimum absolute atomic E-state index is 0.00378. The summed E-state index contributed by atoms with van der Waals surface area (Å²) in [4.78, 5) is 25.7. The molecule has 23 heavy (non-hydrogen) atoms. The van der Waals surface area contributed by atoms with E-state index in [0.29, 0.717) is 32.5 Å². The van der Waals surface area contributed by atoms with Crippen LogP contribution >= 0.6 is 0 Å². The quantitative estimate of drug-likeness (QED) is 0.776. The Balaban J connectivity index is 1.42. The van der Waals surface area contributed by atoms with Crippen molar-refractivity contribution in [3.63, 3.8) is 0 Å². The van der Waals surface area contributed by atoms with Gasteiger partial charge in [-0.05, 0) is 24.8 Å². The number of amides is 2. The molecule has 1 heterocycles. The lowest BCUT2D eigenvalue weighted by molar-refractivity contribution is -0.130. The maximum absolute atomic E-state index is 12.3. The number of nitrogens with zero attached hydrogens (tertiary/aromatic N) is 1. The van der Waals surface area contributed by atoms with Gasteiger partial charge >= 0.3 is 0 Å². The number of likely N-dealkylation sites (tertiary alicyclic amines) is 1. The molecule has 2 amide bonds. The Kier molecular flexibility index (Phi) is 4.96. The van der Waals surface area contributed by atoms with Crippen molar-refractivity contribution in [3.05, 3.63) is 35.9 Å². The molecular weight excluding hydrogens is 290 g/mol. The molecule has 2 fully saturated rings. The first kappa shape index (κ1) is 16.0. The average molecular weight is 315 g/mol. The standard InChI is InChI=1S/C18H25N3O2/c19-16-12-21(11-15(16)13-5-2-1-3-6-13)17(22)7-4-10-20-18(23)14-8-9-14/h1-3,5-6,14-16H,4,7-12,19H2,(H,20,23)/t15-,16+/m0/s1. The predicted octanol–water partition coefficient (Wildman–Crippen LogP) is 1.25. The SMILES string of the molecule is N[C@@H]1CN(C(=O)CCCNC(=O)C2CC2)C[C@H]1c1ccccc1. The summed E-state index contributed by atoms with van der Waals surface area (Å²) in [5.74, 6) is 0.730. The van der Waals surface area contributed by atoms with Crippen molar-refractivity contribution in [2.24, 2.45) is 11.7 Å². The molecule has 2 aliphatic rings. The highest BCUT2D eigenvalue weighted by Gasteiger charge is 2.33. The largest absolute Gasteiger partial charge is 0.356 e. The Morgan fingerprint density at radius 2 is 1.91 bits per heavy atom. The normalized spacial score (nSPS) is 23.8. The molecule has 1 aromatic rings. The third-order valence-corrected chi connectivity index (χ3v) is 4.76. The highest BCUT2D eigenvalue weighted by atomic mass is 16.2. The van der Waals surface area contributed by atoms with Crippen LogP contribution in [-0.4, -0.2) is 42.4 Å². The van der Waals surface area contributed by atoms with Crippen LogP contribution in [0.4, 0.5) is 0 Å². The first-order valence-electron chi connectivity index (χ1n) is 8.51. The minimum atomic E-state index is -0.00378. The van der Waals surface area contributed by atoms with Gasteiger partial charge in [0.05, 0.1) is 0 Å². The van der Waals surface area contributed by atoms with Crippen LogP contribution in [0, 0.1) is 5.92 Å². The molecule has 1 aliphatic heterocycles.